The van der Waals surface area contributed by atoms with Gasteiger partial charge in [-0.1, -0.05) is 0 Å². The predicted octanol–water partition coefficient (Wildman–Crippen LogP) is -0.266. The van der Waals surface area contributed by atoms with Gasteiger partial charge in [-0.3, -0.25) is 4.79 Å². The molecule has 0 aliphatic heterocycles. The molecule has 4 nitrogen and oxygen atoms in total. The maximum atomic E-state index is 11.3. The highest BCUT2D eigenvalue weighted by molar-refractivity contribution is 6.17. The molecule has 0 aromatic carbocycles. The molecule has 0 atom stereocenters. The lowest BCUT2D eigenvalue weighted by Gasteiger charge is -2.14. The van der Waals surface area contributed by atoms with Crippen molar-refractivity contribution in [1.82, 2.24) is 10.3 Å². The predicted molar refractivity (Wildman–Crippen MR) is 59.3 cm³/mol. The van der Waals surface area contributed by atoms with Gasteiger partial charge in [0.25, 0.3) is 5.91 Å². The van der Waals surface area contributed by atoms with Crippen LogP contribution in [-0.4, -0.2) is 33.0 Å². The lowest BCUT2D eigenvalue weighted by molar-refractivity contribution is 0.0958. The van der Waals surface area contributed by atoms with E-state index < -0.39 is 0 Å². The molecule has 0 saturated carbocycles. The van der Waals surface area contributed by atoms with Gasteiger partial charge in [0.05, 0.1) is 0 Å². The van der Waals surface area contributed by atoms with Crippen LogP contribution in [0.4, 0.5) is 5.69 Å². The molecule has 0 unspecified atom stereocenters. The summed E-state index contributed by atoms with van der Waals surface area (Å²) in [5, 5.41) is 2.55. The maximum absolute atomic E-state index is 11.3. The molecule has 1 N–H and O–H groups in total. The third-order valence-corrected chi connectivity index (χ3v) is 1.91. The van der Waals surface area contributed by atoms with Crippen molar-refractivity contribution < 1.29 is 4.79 Å². The first-order valence-electron chi connectivity index (χ1n) is 4.42. The summed E-state index contributed by atoms with van der Waals surface area (Å²) in [5.41, 5.74) is 2.28. The Morgan fingerprint density at radius 2 is 2.21 bits per heavy atom. The molecule has 0 fully saturated rings. The number of hydrogen-bond donors (Lipinski definition) is 1. The number of pyridine rings is 1. The number of hydrogen-bond acceptors (Lipinski definition) is 3. The Morgan fingerprint density at radius 1 is 1.57 bits per heavy atom. The van der Waals surface area contributed by atoms with Gasteiger partial charge in [-0.05, 0) is 26.1 Å². The third kappa shape index (κ3) is 2.25. The third-order valence-electron chi connectivity index (χ3n) is 1.91. The molecule has 1 heterocycles. The lowest BCUT2D eigenvalue weighted by atomic mass is 10.2. The van der Waals surface area contributed by atoms with Crippen LogP contribution in [0.2, 0.25) is 0 Å². The van der Waals surface area contributed by atoms with E-state index in [-0.39, 0.29) is 5.91 Å². The Morgan fingerprint density at radius 3 is 2.71 bits per heavy atom. The molecule has 1 aromatic heterocycles. The number of aryl methyl sites for hydroxylation is 1. The van der Waals surface area contributed by atoms with E-state index in [2.05, 4.69) is 10.3 Å². The molecular weight excluding hydrogens is 177 g/mol. The zero-order chi connectivity index (χ0) is 10.7. The second-order valence-electron chi connectivity index (χ2n) is 3.33. The van der Waals surface area contributed by atoms with Crippen LogP contribution >= 0.6 is 0 Å². The zero-order valence-electron chi connectivity index (χ0n) is 8.96. The van der Waals surface area contributed by atoms with E-state index in [9.17, 15) is 4.79 Å². The molecule has 1 amide bonds. The summed E-state index contributed by atoms with van der Waals surface area (Å²) in [6.07, 6.45) is 0. The fourth-order valence-electron chi connectivity index (χ4n) is 1.15. The number of rotatable bonds is 2. The van der Waals surface area contributed by atoms with E-state index in [1.54, 1.807) is 13.1 Å². The molecule has 0 aliphatic rings. The van der Waals surface area contributed by atoms with Gasteiger partial charge in [-0.15, -0.1) is 0 Å². The first-order chi connectivity index (χ1) is 6.54. The Kier molecular flexibility index (Phi) is 3.12. The average Bonchev–Trinajstić information content (AvgIpc) is 2.15. The summed E-state index contributed by atoms with van der Waals surface area (Å²) in [7, 11) is 5.46. The van der Waals surface area contributed by atoms with Crippen molar-refractivity contribution in [2.24, 2.45) is 0 Å². The van der Waals surface area contributed by atoms with Crippen molar-refractivity contribution >= 4 is 19.6 Å². The summed E-state index contributed by atoms with van der Waals surface area (Å²) < 4.78 is 0. The molecule has 0 saturated heterocycles. The first-order valence-corrected chi connectivity index (χ1v) is 4.42. The molecule has 0 bridgehead atoms. The fourth-order valence-corrected chi connectivity index (χ4v) is 1.15. The Labute approximate surface area is 84.8 Å². The van der Waals surface area contributed by atoms with Gasteiger partial charge < -0.3 is 10.1 Å². The number of amides is 1. The van der Waals surface area contributed by atoms with Crippen molar-refractivity contribution in [2.75, 3.05) is 18.9 Å². The maximum Gasteiger partial charge on any atom is 0.269 e. The molecule has 0 spiro atoms. The van der Waals surface area contributed by atoms with Gasteiger partial charge in [-0.25, -0.2) is 4.98 Å². The van der Waals surface area contributed by atoms with Gasteiger partial charge in [0.2, 0.25) is 7.98 Å². The largest absolute Gasteiger partial charge is 0.424 e. The van der Waals surface area contributed by atoms with Crippen molar-refractivity contribution in [3.63, 3.8) is 0 Å². The van der Waals surface area contributed by atoms with Crippen molar-refractivity contribution in [3.8, 4) is 0 Å². The highest BCUT2D eigenvalue weighted by atomic mass is 16.1. The number of anilines is 1. The van der Waals surface area contributed by atoms with Crippen molar-refractivity contribution in [1.29, 1.82) is 0 Å². The van der Waals surface area contributed by atoms with E-state index in [1.807, 2.05) is 32.8 Å². The number of carbonyl (C=O) groups excluding carboxylic acids is 1. The van der Waals surface area contributed by atoms with Crippen molar-refractivity contribution in [2.45, 2.75) is 6.92 Å². The minimum Gasteiger partial charge on any atom is -0.424 e. The first kappa shape index (κ1) is 10.6. The lowest BCUT2D eigenvalue weighted by Crippen LogP contribution is -2.21. The molecule has 1 aromatic rings. The quantitative estimate of drug-likeness (QED) is 0.654. The van der Waals surface area contributed by atoms with Crippen LogP contribution in [-0.2, 0) is 0 Å². The van der Waals surface area contributed by atoms with Gasteiger partial charge in [0, 0.05) is 18.4 Å². The molecular formula is C9H14BN3O. The van der Waals surface area contributed by atoms with Crippen LogP contribution in [0.5, 0.6) is 0 Å². The molecule has 5 heteroatoms. The summed E-state index contributed by atoms with van der Waals surface area (Å²) in [6.45, 7) is 1.87. The van der Waals surface area contributed by atoms with Crippen LogP contribution < -0.4 is 10.1 Å². The standard InChI is InChI=1S/C9H14BN3O/c1-6-4-7(13(3)10)5-8(12-6)9(14)11-2/h4-5H,10H2,1-3H3,(H,11,14). The summed E-state index contributed by atoms with van der Waals surface area (Å²) in [6, 6.07) is 3.71. The number of carbonyl (C=O) groups is 1. The van der Waals surface area contributed by atoms with Gasteiger partial charge in [0.1, 0.15) is 5.69 Å². The Hall–Kier alpha value is -1.52. The highest BCUT2D eigenvalue weighted by Gasteiger charge is 2.07. The van der Waals surface area contributed by atoms with Gasteiger partial charge in [0.15, 0.2) is 0 Å². The SMILES string of the molecule is BN(C)c1cc(C)nc(C(=O)NC)c1. The number of nitrogens with zero attached hydrogens (tertiary/aromatic N) is 2. The monoisotopic (exact) mass is 191 g/mol. The zero-order valence-corrected chi connectivity index (χ0v) is 8.96. The van der Waals surface area contributed by atoms with Crippen LogP contribution in [0.3, 0.4) is 0 Å². The molecule has 0 aliphatic carbocycles. The molecule has 14 heavy (non-hydrogen) atoms. The topological polar surface area (TPSA) is 45.2 Å². The van der Waals surface area contributed by atoms with E-state index in [0.717, 1.165) is 11.4 Å². The van der Waals surface area contributed by atoms with E-state index in [0.29, 0.717) is 5.69 Å². The van der Waals surface area contributed by atoms with E-state index in [4.69, 9.17) is 0 Å². The van der Waals surface area contributed by atoms with E-state index in [1.165, 1.54) is 0 Å². The summed E-state index contributed by atoms with van der Waals surface area (Å²) >= 11 is 0. The number of nitrogens with one attached hydrogen (secondary N) is 1. The minimum absolute atomic E-state index is 0.156. The van der Waals surface area contributed by atoms with Crippen LogP contribution in [0.15, 0.2) is 12.1 Å². The second-order valence-corrected chi connectivity index (χ2v) is 3.33. The Balaban J connectivity index is 3.13. The average molecular weight is 191 g/mol. The minimum atomic E-state index is -0.156. The second kappa shape index (κ2) is 4.13. The highest BCUT2D eigenvalue weighted by Crippen LogP contribution is 2.13. The normalized spacial score (nSPS) is 9.64. The van der Waals surface area contributed by atoms with Gasteiger partial charge >= 0.3 is 0 Å². The van der Waals surface area contributed by atoms with Crippen LogP contribution in [0.25, 0.3) is 0 Å². The van der Waals surface area contributed by atoms with Crippen molar-refractivity contribution in [3.05, 3.63) is 23.5 Å². The summed E-state index contributed by atoms with van der Waals surface area (Å²) in [5.74, 6) is -0.156. The van der Waals surface area contributed by atoms with E-state index >= 15 is 0 Å². The fraction of sp³-hybridized carbons (Fsp3) is 0.333. The number of aromatic nitrogens is 1. The smallest absolute Gasteiger partial charge is 0.269 e. The molecule has 0 radical (unpaired) electrons. The molecule has 1 rings (SSSR count). The van der Waals surface area contributed by atoms with Crippen LogP contribution in [0, 0.1) is 6.92 Å². The summed E-state index contributed by atoms with van der Waals surface area (Å²) in [4.78, 5) is 17.4. The Bertz CT molecular complexity index is 352. The van der Waals surface area contributed by atoms with Gasteiger partial charge in [-0.2, -0.15) is 0 Å². The molecule has 74 valence electrons. The van der Waals surface area contributed by atoms with Crippen LogP contribution in [0.1, 0.15) is 16.2 Å².